The quantitative estimate of drug-likeness (QED) is 0.0384. The van der Waals surface area contributed by atoms with Gasteiger partial charge in [-0.1, -0.05) is 129 Å². The third-order valence-corrected chi connectivity index (χ3v) is 17.7. The SMILES string of the molecule is C=C1[C@@H](O)[C@@H]2O[C@]3(CC[C@H](C=C[C@@H](C)[C@@H]4CC(C)=C[C@@]5(O[C@H](C[C@@](C)(O)C(=O)O)CC[C@H]5OC(=O)CCCCCCCCCCCCCCC)O4)O3)CC[C@H]2O[C@@H]1[C@@H](O)C[C@H](C)[C@H]1O[C@@]2(CCCCO2)CC[C@H]1C. The Balaban J connectivity index is 0.898. The maximum Gasteiger partial charge on any atom is 0.335 e. The molecule has 3 spiro atoms. The van der Waals surface area contributed by atoms with Crippen molar-refractivity contribution in [3.63, 3.8) is 0 Å². The average Bonchev–Trinajstić information content (AvgIpc) is 3.76. The van der Waals surface area contributed by atoms with Crippen LogP contribution >= 0.6 is 0 Å². The minimum atomic E-state index is -2.01. The van der Waals surface area contributed by atoms with Gasteiger partial charge in [0.1, 0.15) is 18.3 Å². The lowest BCUT2D eigenvalue weighted by atomic mass is 9.79. The molecule has 74 heavy (non-hydrogen) atoms. The van der Waals surface area contributed by atoms with Crippen LogP contribution in [0.5, 0.6) is 0 Å². The van der Waals surface area contributed by atoms with Crippen molar-refractivity contribution in [2.75, 3.05) is 6.61 Å². The summed E-state index contributed by atoms with van der Waals surface area (Å²) >= 11 is 0. The number of fused-ring (bicyclic) bond motifs is 1. The molecule has 0 amide bonds. The Morgan fingerprint density at radius 1 is 0.865 bits per heavy atom. The fourth-order valence-electron chi connectivity index (χ4n) is 13.2. The molecule has 0 unspecified atom stereocenters. The molecular weight excluding hydrogens is 945 g/mol. The molecule has 0 aliphatic carbocycles. The number of aliphatic hydroxyl groups is 3. The number of rotatable bonds is 25. The Labute approximate surface area is 444 Å². The minimum Gasteiger partial charge on any atom is -0.479 e. The monoisotopic (exact) mass is 1040 g/mol. The van der Waals surface area contributed by atoms with E-state index in [0.29, 0.717) is 69.3 Å². The van der Waals surface area contributed by atoms with Gasteiger partial charge >= 0.3 is 11.9 Å². The van der Waals surface area contributed by atoms with Gasteiger partial charge in [-0.15, -0.1) is 0 Å². The van der Waals surface area contributed by atoms with Gasteiger partial charge in [0.2, 0.25) is 5.79 Å². The van der Waals surface area contributed by atoms with Crippen LogP contribution in [0.4, 0.5) is 0 Å². The highest BCUT2D eigenvalue weighted by Gasteiger charge is 2.55. The molecular formula is C60H98O14. The van der Waals surface area contributed by atoms with E-state index in [-0.39, 0.29) is 42.5 Å². The number of carboxylic acid groups (broad SMARTS) is 1. The van der Waals surface area contributed by atoms with Gasteiger partial charge in [-0.2, -0.15) is 0 Å². The molecule has 7 heterocycles. The molecule has 0 aromatic rings. The summed E-state index contributed by atoms with van der Waals surface area (Å²) in [5.74, 6) is -4.24. The lowest BCUT2D eigenvalue weighted by molar-refractivity contribution is -0.322. The molecule has 0 aromatic heterocycles. The fourth-order valence-corrected chi connectivity index (χ4v) is 13.2. The molecule has 4 N–H and O–H groups in total. The zero-order chi connectivity index (χ0) is 53.1. The highest BCUT2D eigenvalue weighted by molar-refractivity contribution is 5.76. The first-order valence-electron chi connectivity index (χ1n) is 29.6. The number of hydrogen-bond donors (Lipinski definition) is 4. The summed E-state index contributed by atoms with van der Waals surface area (Å²) in [6.45, 7) is 16.9. The number of carboxylic acids is 1. The molecule has 7 aliphatic heterocycles. The van der Waals surface area contributed by atoms with Crippen molar-refractivity contribution in [3.8, 4) is 0 Å². The van der Waals surface area contributed by atoms with Crippen LogP contribution in [-0.4, -0.2) is 123 Å². The number of aliphatic carboxylic acids is 1. The summed E-state index contributed by atoms with van der Waals surface area (Å²) in [4.78, 5) is 25.4. The van der Waals surface area contributed by atoms with E-state index in [4.69, 9.17) is 37.9 Å². The van der Waals surface area contributed by atoms with Crippen molar-refractivity contribution < 1.29 is 67.9 Å². The molecule has 14 heteroatoms. The van der Waals surface area contributed by atoms with Crippen LogP contribution in [0.25, 0.3) is 0 Å². The number of carbonyl (C=O) groups is 2. The predicted octanol–water partition coefficient (Wildman–Crippen LogP) is 11.2. The number of hydrogen-bond acceptors (Lipinski definition) is 13. The van der Waals surface area contributed by atoms with E-state index in [1.54, 1.807) is 0 Å². The number of carbonyl (C=O) groups excluding carboxylic acids is 1. The topological polar surface area (TPSA) is 189 Å². The summed E-state index contributed by atoms with van der Waals surface area (Å²) in [5.41, 5.74) is -0.593. The number of esters is 1. The third-order valence-electron chi connectivity index (χ3n) is 17.7. The lowest BCUT2D eigenvalue weighted by Crippen LogP contribution is -2.60. The van der Waals surface area contributed by atoms with Crippen LogP contribution in [-0.2, 0) is 47.5 Å². The van der Waals surface area contributed by atoms with Crippen molar-refractivity contribution >= 4 is 11.9 Å². The van der Waals surface area contributed by atoms with Gasteiger partial charge in [0, 0.05) is 44.4 Å². The zero-order valence-electron chi connectivity index (χ0n) is 46.3. The molecule has 0 saturated carbocycles. The molecule has 14 nitrogen and oxygen atoms in total. The first-order valence-corrected chi connectivity index (χ1v) is 29.6. The molecule has 7 aliphatic rings. The molecule has 0 radical (unpaired) electrons. The Hall–Kier alpha value is -2.24. The summed E-state index contributed by atoms with van der Waals surface area (Å²) in [6.07, 6.45) is 25.5. The van der Waals surface area contributed by atoms with Gasteiger partial charge in [0.25, 0.3) is 0 Å². The molecule has 17 atom stereocenters. The largest absolute Gasteiger partial charge is 0.479 e. The second kappa shape index (κ2) is 27.1. The van der Waals surface area contributed by atoms with E-state index in [2.05, 4.69) is 46.4 Å². The van der Waals surface area contributed by atoms with E-state index in [0.717, 1.165) is 63.5 Å². The van der Waals surface area contributed by atoms with Crippen molar-refractivity contribution in [2.45, 2.75) is 305 Å². The van der Waals surface area contributed by atoms with Crippen LogP contribution < -0.4 is 0 Å². The van der Waals surface area contributed by atoms with E-state index in [1.807, 2.05) is 13.0 Å². The van der Waals surface area contributed by atoms with Crippen molar-refractivity contribution in [1.82, 2.24) is 0 Å². The van der Waals surface area contributed by atoms with Gasteiger partial charge < -0.3 is 58.3 Å². The standard InChI is InChI=1S/C60H98O14/c1-8-9-10-11-12-13-14-15-16-17-18-19-20-23-51(62)69-50-27-26-46(39-57(7,66)56(64)65)71-60(50)38-40(2)36-49(72-60)41(3)24-25-45-29-33-59(70-45)34-30-48-55(74-59)52(63)44(6)54(68-48)47(61)37-43(5)53-42(4)28-32-58(73-53)31-21-22-35-67-58/h24-25,38,41-43,45-50,52-55,61,63,66H,6,8-23,26-37,39H2,1-5,7H3,(H,64,65)/t41-,42-,43+,45+,46+,47+,48-,49+,50-,52-,53+,54+,55-,57-,58+,59-,60-/m1/s1. The molecule has 6 saturated heterocycles. The van der Waals surface area contributed by atoms with Crippen molar-refractivity contribution in [2.24, 2.45) is 17.8 Å². The van der Waals surface area contributed by atoms with Gasteiger partial charge in [-0.3, -0.25) is 4.79 Å². The molecule has 6 fully saturated rings. The summed E-state index contributed by atoms with van der Waals surface area (Å²) in [7, 11) is 0. The zero-order valence-corrected chi connectivity index (χ0v) is 46.3. The smallest absolute Gasteiger partial charge is 0.335 e. The van der Waals surface area contributed by atoms with E-state index >= 15 is 0 Å². The molecule has 422 valence electrons. The lowest BCUT2D eigenvalue weighted by Gasteiger charge is -2.50. The average molecular weight is 1040 g/mol. The Morgan fingerprint density at radius 3 is 2.22 bits per heavy atom. The summed E-state index contributed by atoms with van der Waals surface area (Å²) in [6, 6.07) is 0. The van der Waals surface area contributed by atoms with Crippen LogP contribution in [0, 0.1) is 17.8 Å². The summed E-state index contributed by atoms with van der Waals surface area (Å²) < 4.78 is 52.6. The predicted molar refractivity (Wildman–Crippen MR) is 282 cm³/mol. The van der Waals surface area contributed by atoms with E-state index < -0.39 is 71.7 Å². The third kappa shape index (κ3) is 15.5. The Morgan fingerprint density at radius 2 is 1.54 bits per heavy atom. The fraction of sp³-hybridized carbons (Fsp3) is 0.867. The first-order chi connectivity index (χ1) is 35.4. The number of ether oxygens (including phenoxy) is 8. The van der Waals surface area contributed by atoms with Gasteiger partial charge in [-0.05, 0) is 102 Å². The Kier molecular flexibility index (Phi) is 21.7. The van der Waals surface area contributed by atoms with Crippen molar-refractivity contribution in [3.05, 3.63) is 36.0 Å². The first kappa shape index (κ1) is 59.4. The number of aliphatic hydroxyl groups excluding tert-OH is 2. The second-order valence-electron chi connectivity index (χ2n) is 24.3. The Bertz CT molecular complexity index is 1860. The highest BCUT2D eigenvalue weighted by atomic mass is 16.7. The maximum absolute atomic E-state index is 13.5. The van der Waals surface area contributed by atoms with Gasteiger partial charge in [-0.25, -0.2) is 4.79 Å². The van der Waals surface area contributed by atoms with Gasteiger partial charge in [0.15, 0.2) is 23.3 Å². The summed E-state index contributed by atoms with van der Waals surface area (Å²) in [5, 5.41) is 43.9. The minimum absolute atomic E-state index is 0.0398. The van der Waals surface area contributed by atoms with Crippen LogP contribution in [0.15, 0.2) is 36.0 Å². The van der Waals surface area contributed by atoms with Crippen LogP contribution in [0.3, 0.4) is 0 Å². The molecule has 0 bridgehead atoms. The normalized spacial score (nSPS) is 37.6. The van der Waals surface area contributed by atoms with E-state index in [1.165, 1.54) is 71.1 Å². The van der Waals surface area contributed by atoms with Crippen LogP contribution in [0.1, 0.15) is 221 Å². The maximum atomic E-state index is 13.5. The second-order valence-corrected chi connectivity index (χ2v) is 24.3. The number of unbranched alkanes of at least 4 members (excludes halogenated alkanes) is 12. The van der Waals surface area contributed by atoms with Gasteiger partial charge in [0.05, 0.1) is 43.2 Å². The molecule has 7 rings (SSSR count). The highest BCUT2D eigenvalue weighted by Crippen LogP contribution is 2.48. The van der Waals surface area contributed by atoms with Crippen molar-refractivity contribution in [1.29, 1.82) is 0 Å². The van der Waals surface area contributed by atoms with E-state index in [9.17, 15) is 30.0 Å². The molecule has 0 aromatic carbocycles. The van der Waals surface area contributed by atoms with Crippen LogP contribution in [0.2, 0.25) is 0 Å².